The predicted molar refractivity (Wildman–Crippen MR) is 91.5 cm³/mol. The summed E-state index contributed by atoms with van der Waals surface area (Å²) >= 11 is 0. The molecule has 7 nitrogen and oxygen atoms in total. The van der Waals surface area contributed by atoms with Gasteiger partial charge in [-0.25, -0.2) is 0 Å². The van der Waals surface area contributed by atoms with E-state index < -0.39 is 5.92 Å². The van der Waals surface area contributed by atoms with Crippen molar-refractivity contribution in [1.29, 1.82) is 5.26 Å². The van der Waals surface area contributed by atoms with Crippen LogP contribution in [-0.2, 0) is 0 Å². The molecule has 0 saturated carbocycles. The summed E-state index contributed by atoms with van der Waals surface area (Å²) in [6.07, 6.45) is 0. The highest BCUT2D eigenvalue weighted by atomic mass is 16.5. The summed E-state index contributed by atoms with van der Waals surface area (Å²) in [5, 5.41) is 16.9. The standard InChI is InChI=1S/C18H20N4O3/c1-9(2)15-14-13(10-6-5-7-12(23-3)16(10)24-4)11(8-19)17(20)25-18(14)22-21-15/h5-7,9,13H,20H2,1-4H3,(H,21,22)/t13-/m0/s1. The second-order valence-electron chi connectivity index (χ2n) is 6.02. The van der Waals surface area contributed by atoms with Crippen LogP contribution in [-0.4, -0.2) is 24.4 Å². The number of nitrogens with two attached hydrogens (primary N) is 1. The lowest BCUT2D eigenvalue weighted by Gasteiger charge is -2.26. The van der Waals surface area contributed by atoms with Gasteiger partial charge in [0.05, 0.1) is 25.7 Å². The second kappa shape index (κ2) is 6.40. The molecule has 0 aliphatic carbocycles. The lowest BCUT2D eigenvalue weighted by molar-refractivity contribution is 0.348. The van der Waals surface area contributed by atoms with E-state index in [2.05, 4.69) is 16.3 Å². The number of hydrogen-bond donors (Lipinski definition) is 2. The number of ether oxygens (including phenoxy) is 3. The molecule has 130 valence electrons. The Bertz CT molecular complexity index is 877. The van der Waals surface area contributed by atoms with Gasteiger partial charge in [0.2, 0.25) is 11.8 Å². The summed E-state index contributed by atoms with van der Waals surface area (Å²) < 4.78 is 16.5. The maximum atomic E-state index is 9.71. The largest absolute Gasteiger partial charge is 0.493 e. The summed E-state index contributed by atoms with van der Waals surface area (Å²) in [4.78, 5) is 0. The van der Waals surface area contributed by atoms with Crippen LogP contribution in [0, 0.1) is 11.3 Å². The van der Waals surface area contributed by atoms with Crippen molar-refractivity contribution in [2.45, 2.75) is 25.7 Å². The molecular formula is C18H20N4O3. The smallest absolute Gasteiger partial charge is 0.244 e. The molecule has 3 rings (SSSR count). The maximum absolute atomic E-state index is 9.71. The summed E-state index contributed by atoms with van der Waals surface area (Å²) in [6.45, 7) is 4.09. The highest BCUT2D eigenvalue weighted by Crippen LogP contribution is 2.48. The predicted octanol–water partition coefficient (Wildman–Crippen LogP) is 2.77. The third kappa shape index (κ3) is 2.56. The van der Waals surface area contributed by atoms with Crippen LogP contribution in [0.4, 0.5) is 0 Å². The molecule has 2 aromatic rings. The highest BCUT2D eigenvalue weighted by Gasteiger charge is 2.37. The van der Waals surface area contributed by atoms with Crippen LogP contribution >= 0.6 is 0 Å². The average molecular weight is 340 g/mol. The minimum atomic E-state index is -0.449. The van der Waals surface area contributed by atoms with E-state index in [4.69, 9.17) is 19.9 Å². The number of H-pyrrole nitrogens is 1. The Morgan fingerprint density at radius 2 is 2.08 bits per heavy atom. The molecule has 1 aliphatic heterocycles. The van der Waals surface area contributed by atoms with Gasteiger partial charge < -0.3 is 19.9 Å². The van der Waals surface area contributed by atoms with Gasteiger partial charge in [0.1, 0.15) is 11.6 Å². The third-order valence-electron chi connectivity index (χ3n) is 4.29. The van der Waals surface area contributed by atoms with Gasteiger partial charge in [0, 0.05) is 11.3 Å². The molecule has 2 heterocycles. The number of allylic oxidation sites excluding steroid dienone is 1. The number of hydrogen-bond acceptors (Lipinski definition) is 6. The van der Waals surface area contributed by atoms with E-state index in [0.29, 0.717) is 23.0 Å². The van der Waals surface area contributed by atoms with Crippen molar-refractivity contribution >= 4 is 0 Å². The van der Waals surface area contributed by atoms with Crippen LogP contribution in [0.2, 0.25) is 0 Å². The van der Waals surface area contributed by atoms with E-state index in [1.807, 2.05) is 26.0 Å². The number of nitriles is 1. The molecule has 0 fully saturated rings. The van der Waals surface area contributed by atoms with Crippen LogP contribution < -0.4 is 19.9 Å². The SMILES string of the molecule is COc1cccc([C@H]2C(C#N)=C(N)Oc3n[nH]c(C(C)C)c32)c1OC. The summed E-state index contributed by atoms with van der Waals surface area (Å²) in [6, 6.07) is 7.73. The van der Waals surface area contributed by atoms with Crippen LogP contribution in [0.1, 0.15) is 42.5 Å². The Morgan fingerprint density at radius 1 is 1.32 bits per heavy atom. The van der Waals surface area contributed by atoms with Crippen molar-refractivity contribution in [3.8, 4) is 23.4 Å². The van der Waals surface area contributed by atoms with Gasteiger partial charge in [0.25, 0.3) is 0 Å². The molecule has 0 spiro atoms. The number of nitrogens with zero attached hydrogens (tertiary/aromatic N) is 2. The van der Waals surface area contributed by atoms with Crippen LogP contribution in [0.3, 0.4) is 0 Å². The molecule has 1 aromatic carbocycles. The van der Waals surface area contributed by atoms with Gasteiger partial charge in [-0.05, 0) is 12.0 Å². The Hall–Kier alpha value is -3.14. The molecule has 0 unspecified atom stereocenters. The first-order chi connectivity index (χ1) is 12.0. The third-order valence-corrected chi connectivity index (χ3v) is 4.29. The van der Waals surface area contributed by atoms with Gasteiger partial charge in [-0.1, -0.05) is 26.0 Å². The summed E-state index contributed by atoms with van der Waals surface area (Å²) in [5.41, 5.74) is 8.77. The van der Waals surface area contributed by atoms with Gasteiger partial charge in [-0.3, -0.25) is 5.10 Å². The van der Waals surface area contributed by atoms with Crippen LogP contribution in [0.25, 0.3) is 0 Å². The van der Waals surface area contributed by atoms with Crippen molar-refractivity contribution in [1.82, 2.24) is 10.2 Å². The monoisotopic (exact) mass is 340 g/mol. The summed E-state index contributed by atoms with van der Waals surface area (Å²) in [7, 11) is 3.14. The number of fused-ring (bicyclic) bond motifs is 1. The zero-order valence-electron chi connectivity index (χ0n) is 14.6. The molecule has 25 heavy (non-hydrogen) atoms. The molecule has 1 atom stereocenters. The van der Waals surface area contributed by atoms with Crippen molar-refractivity contribution in [2.24, 2.45) is 5.73 Å². The number of para-hydroxylation sites is 1. The molecule has 7 heteroatoms. The number of methoxy groups -OCH3 is 2. The fraction of sp³-hybridized carbons (Fsp3) is 0.333. The maximum Gasteiger partial charge on any atom is 0.244 e. The lowest BCUT2D eigenvalue weighted by atomic mass is 9.82. The summed E-state index contributed by atoms with van der Waals surface area (Å²) in [5.74, 6) is 1.28. The molecule has 0 radical (unpaired) electrons. The van der Waals surface area contributed by atoms with Crippen molar-refractivity contribution < 1.29 is 14.2 Å². The first kappa shape index (κ1) is 16.7. The second-order valence-corrected chi connectivity index (χ2v) is 6.02. The minimum absolute atomic E-state index is 0.0479. The minimum Gasteiger partial charge on any atom is -0.493 e. The van der Waals surface area contributed by atoms with Crippen LogP contribution in [0.5, 0.6) is 17.4 Å². The number of aromatic nitrogens is 2. The Morgan fingerprint density at radius 3 is 2.68 bits per heavy atom. The molecule has 0 amide bonds. The van der Waals surface area contributed by atoms with E-state index in [9.17, 15) is 5.26 Å². The number of rotatable bonds is 4. The Kier molecular flexibility index (Phi) is 4.28. The van der Waals surface area contributed by atoms with Gasteiger partial charge >= 0.3 is 0 Å². The Balaban J connectivity index is 2.31. The van der Waals surface area contributed by atoms with Crippen molar-refractivity contribution in [3.63, 3.8) is 0 Å². The molecule has 1 aromatic heterocycles. The molecular weight excluding hydrogens is 320 g/mol. The zero-order valence-corrected chi connectivity index (χ0v) is 14.6. The molecule has 3 N–H and O–H groups in total. The van der Waals surface area contributed by atoms with E-state index in [1.165, 1.54) is 0 Å². The highest BCUT2D eigenvalue weighted by molar-refractivity contribution is 5.61. The number of aromatic amines is 1. The fourth-order valence-electron chi connectivity index (χ4n) is 3.16. The fourth-order valence-corrected chi connectivity index (χ4v) is 3.16. The quantitative estimate of drug-likeness (QED) is 0.886. The first-order valence-electron chi connectivity index (χ1n) is 7.90. The molecule has 1 aliphatic rings. The van der Waals surface area contributed by atoms with E-state index in [-0.39, 0.29) is 11.8 Å². The van der Waals surface area contributed by atoms with E-state index in [1.54, 1.807) is 20.3 Å². The number of nitrogens with one attached hydrogen (secondary N) is 1. The average Bonchev–Trinajstić information content (AvgIpc) is 3.03. The Labute approximate surface area is 146 Å². The van der Waals surface area contributed by atoms with Gasteiger partial charge in [-0.15, -0.1) is 5.10 Å². The molecule has 0 saturated heterocycles. The van der Waals surface area contributed by atoms with Crippen molar-refractivity contribution in [3.05, 3.63) is 46.5 Å². The normalized spacial score (nSPS) is 16.2. The van der Waals surface area contributed by atoms with Gasteiger partial charge in [0.15, 0.2) is 11.5 Å². The van der Waals surface area contributed by atoms with Crippen LogP contribution in [0.15, 0.2) is 29.7 Å². The lowest BCUT2D eigenvalue weighted by Crippen LogP contribution is -2.22. The number of benzene rings is 1. The topological polar surface area (TPSA) is 106 Å². The van der Waals surface area contributed by atoms with E-state index in [0.717, 1.165) is 16.8 Å². The van der Waals surface area contributed by atoms with Gasteiger partial charge in [-0.2, -0.15) is 5.26 Å². The van der Waals surface area contributed by atoms with E-state index >= 15 is 0 Å². The van der Waals surface area contributed by atoms with Crippen molar-refractivity contribution in [2.75, 3.05) is 14.2 Å². The molecule has 0 bridgehead atoms. The first-order valence-corrected chi connectivity index (χ1v) is 7.90. The zero-order chi connectivity index (χ0) is 18.1.